The second-order valence-electron chi connectivity index (χ2n) is 8.19. The molecule has 0 amide bonds. The number of benzene rings is 2. The normalized spacial score (nSPS) is 19.2. The maximum Gasteiger partial charge on any atom is 0.418 e. The van der Waals surface area contributed by atoms with Gasteiger partial charge in [0.15, 0.2) is 5.78 Å². The summed E-state index contributed by atoms with van der Waals surface area (Å²) in [5.74, 6) is -0.924. The second kappa shape index (κ2) is 7.86. The number of nitriles is 1. The molecule has 0 saturated heterocycles. The van der Waals surface area contributed by atoms with Crippen LogP contribution in [0.1, 0.15) is 47.4 Å². The van der Waals surface area contributed by atoms with Gasteiger partial charge in [-0.05, 0) is 49.9 Å². The number of nitrogens with two attached hydrogens (primary N) is 1. The van der Waals surface area contributed by atoms with Crippen LogP contribution in [0, 0.1) is 25.2 Å². The fourth-order valence-corrected chi connectivity index (χ4v) is 4.65. The third kappa shape index (κ3) is 3.46. The molecule has 1 atom stereocenters. The van der Waals surface area contributed by atoms with E-state index in [0.29, 0.717) is 24.1 Å². The first-order chi connectivity index (χ1) is 15.1. The van der Waals surface area contributed by atoms with E-state index in [9.17, 15) is 23.2 Å². The van der Waals surface area contributed by atoms with Crippen LogP contribution >= 0.6 is 0 Å². The number of carbonyl (C=O) groups is 1. The summed E-state index contributed by atoms with van der Waals surface area (Å²) in [7, 11) is 0. The molecule has 1 unspecified atom stereocenters. The predicted molar refractivity (Wildman–Crippen MR) is 115 cm³/mol. The summed E-state index contributed by atoms with van der Waals surface area (Å²) < 4.78 is 41.5. The van der Waals surface area contributed by atoms with Gasteiger partial charge in [-0.3, -0.25) is 9.69 Å². The van der Waals surface area contributed by atoms with E-state index in [1.807, 2.05) is 32.0 Å². The Kier molecular flexibility index (Phi) is 5.33. The minimum absolute atomic E-state index is 0.0662. The van der Waals surface area contributed by atoms with Gasteiger partial charge < -0.3 is 5.73 Å². The lowest BCUT2D eigenvalue weighted by atomic mass is 9.74. The molecule has 2 aliphatic rings. The topological polar surface area (TPSA) is 70.1 Å². The number of allylic oxidation sites excluding steroid dienone is 3. The largest absolute Gasteiger partial charge is 0.418 e. The molecule has 164 valence electrons. The van der Waals surface area contributed by atoms with Crippen molar-refractivity contribution >= 4 is 11.5 Å². The minimum Gasteiger partial charge on any atom is -0.384 e. The van der Waals surface area contributed by atoms with Crippen molar-refractivity contribution < 1.29 is 18.0 Å². The number of anilines is 1. The Hall–Kier alpha value is -3.53. The number of Topliss-reactive ketones (excluding diaryl/α,β-unsaturated/α-hetero) is 1. The third-order valence-electron chi connectivity index (χ3n) is 6.11. The summed E-state index contributed by atoms with van der Waals surface area (Å²) >= 11 is 0. The smallest absolute Gasteiger partial charge is 0.384 e. The van der Waals surface area contributed by atoms with Crippen molar-refractivity contribution in [3.05, 3.63) is 87.4 Å². The molecule has 1 aliphatic carbocycles. The highest BCUT2D eigenvalue weighted by Crippen LogP contribution is 2.49. The van der Waals surface area contributed by atoms with E-state index in [0.717, 1.165) is 22.8 Å². The summed E-state index contributed by atoms with van der Waals surface area (Å²) in [6.45, 7) is 3.80. The van der Waals surface area contributed by atoms with Crippen LogP contribution in [0.25, 0.3) is 0 Å². The number of rotatable bonds is 2. The van der Waals surface area contributed by atoms with Crippen molar-refractivity contribution in [3.8, 4) is 6.07 Å². The van der Waals surface area contributed by atoms with Gasteiger partial charge in [-0.15, -0.1) is 0 Å². The SMILES string of the molecule is Cc1ccc(C)c(C2C(C#N)=C(N)N(c3ccccc3C(F)(F)F)C3=C2C(=O)CCC3)c1. The zero-order valence-electron chi connectivity index (χ0n) is 17.8. The molecule has 1 heterocycles. The van der Waals surface area contributed by atoms with Crippen molar-refractivity contribution in [1.82, 2.24) is 0 Å². The number of para-hydroxylation sites is 1. The van der Waals surface area contributed by atoms with Crippen molar-refractivity contribution in [2.45, 2.75) is 45.2 Å². The van der Waals surface area contributed by atoms with Gasteiger partial charge in [-0.1, -0.05) is 35.9 Å². The summed E-state index contributed by atoms with van der Waals surface area (Å²) in [6.07, 6.45) is -3.42. The van der Waals surface area contributed by atoms with E-state index in [1.165, 1.54) is 23.1 Å². The molecule has 0 aromatic heterocycles. The van der Waals surface area contributed by atoms with Crippen LogP contribution in [0.3, 0.4) is 0 Å². The molecule has 1 aliphatic heterocycles. The number of hydrogen-bond acceptors (Lipinski definition) is 4. The van der Waals surface area contributed by atoms with Gasteiger partial charge in [0.1, 0.15) is 5.82 Å². The Balaban J connectivity index is 2.04. The summed E-state index contributed by atoms with van der Waals surface area (Å²) in [4.78, 5) is 14.4. The lowest BCUT2D eigenvalue weighted by Gasteiger charge is -2.40. The molecule has 0 spiro atoms. The number of alkyl halides is 3. The summed E-state index contributed by atoms with van der Waals surface area (Å²) in [6, 6.07) is 13.0. The number of nitrogens with zero attached hydrogens (tertiary/aromatic N) is 2. The van der Waals surface area contributed by atoms with E-state index in [1.54, 1.807) is 0 Å². The van der Waals surface area contributed by atoms with Gasteiger partial charge >= 0.3 is 6.18 Å². The van der Waals surface area contributed by atoms with Crippen LogP contribution < -0.4 is 10.6 Å². The standard InChI is InChI=1S/C25H22F3N3O/c1-14-10-11-15(2)16(12-14)22-17(13-29)24(30)31(20-8-5-9-21(32)23(20)22)19-7-4-3-6-18(19)25(26,27)28/h3-4,6-7,10-12,22H,5,8-9,30H2,1-2H3. The number of aryl methyl sites for hydroxylation is 2. The number of hydrogen-bond donors (Lipinski definition) is 1. The van der Waals surface area contributed by atoms with Crippen molar-refractivity contribution in [1.29, 1.82) is 5.26 Å². The van der Waals surface area contributed by atoms with Crippen LogP contribution in [0.5, 0.6) is 0 Å². The highest BCUT2D eigenvalue weighted by atomic mass is 19.4. The van der Waals surface area contributed by atoms with Crippen LogP contribution in [0.2, 0.25) is 0 Å². The maximum absolute atomic E-state index is 13.8. The predicted octanol–water partition coefficient (Wildman–Crippen LogP) is 5.63. The zero-order chi connectivity index (χ0) is 23.2. The van der Waals surface area contributed by atoms with Crippen molar-refractivity contribution in [2.24, 2.45) is 5.73 Å². The third-order valence-corrected chi connectivity index (χ3v) is 6.11. The van der Waals surface area contributed by atoms with Gasteiger partial charge in [-0.25, -0.2) is 0 Å². The molecule has 0 saturated carbocycles. The van der Waals surface area contributed by atoms with Crippen LogP contribution in [0.4, 0.5) is 18.9 Å². The van der Waals surface area contributed by atoms with E-state index < -0.39 is 17.7 Å². The quantitative estimate of drug-likeness (QED) is 0.661. The van der Waals surface area contributed by atoms with Crippen LogP contribution in [0.15, 0.2) is 65.1 Å². The lowest BCUT2D eigenvalue weighted by Crippen LogP contribution is -2.39. The van der Waals surface area contributed by atoms with Crippen molar-refractivity contribution in [2.75, 3.05) is 4.90 Å². The first-order valence-electron chi connectivity index (χ1n) is 10.3. The molecule has 32 heavy (non-hydrogen) atoms. The molecule has 0 fully saturated rings. The Bertz CT molecular complexity index is 1220. The van der Waals surface area contributed by atoms with E-state index in [-0.39, 0.29) is 29.3 Å². The second-order valence-corrected chi connectivity index (χ2v) is 8.19. The molecule has 2 N–H and O–H groups in total. The minimum atomic E-state index is -4.62. The van der Waals surface area contributed by atoms with E-state index in [2.05, 4.69) is 6.07 Å². The Labute approximate surface area is 184 Å². The molecular formula is C25H22F3N3O. The number of halogens is 3. The first kappa shape index (κ1) is 21.7. The molecule has 2 aromatic carbocycles. The highest BCUT2D eigenvalue weighted by molar-refractivity contribution is 6.01. The average Bonchev–Trinajstić information content (AvgIpc) is 2.74. The van der Waals surface area contributed by atoms with Crippen LogP contribution in [-0.2, 0) is 11.0 Å². The van der Waals surface area contributed by atoms with Gasteiger partial charge in [0, 0.05) is 17.7 Å². The van der Waals surface area contributed by atoms with Gasteiger partial charge in [0.2, 0.25) is 0 Å². The Morgan fingerprint density at radius 3 is 2.53 bits per heavy atom. The van der Waals surface area contributed by atoms with Gasteiger partial charge in [-0.2, -0.15) is 18.4 Å². The maximum atomic E-state index is 13.8. The molecule has 7 heteroatoms. The zero-order valence-corrected chi connectivity index (χ0v) is 17.8. The molecule has 2 aromatic rings. The highest BCUT2D eigenvalue weighted by Gasteiger charge is 2.43. The molecule has 0 radical (unpaired) electrons. The van der Waals surface area contributed by atoms with Crippen molar-refractivity contribution in [3.63, 3.8) is 0 Å². The average molecular weight is 437 g/mol. The molecule has 4 nitrogen and oxygen atoms in total. The molecular weight excluding hydrogens is 415 g/mol. The molecule has 4 rings (SSSR count). The summed E-state index contributed by atoms with van der Waals surface area (Å²) in [5.41, 5.74) is 8.89. The fraction of sp³-hybridized carbons (Fsp3) is 0.280. The van der Waals surface area contributed by atoms with Gasteiger partial charge in [0.25, 0.3) is 0 Å². The lowest BCUT2D eigenvalue weighted by molar-refractivity contribution is -0.137. The van der Waals surface area contributed by atoms with E-state index in [4.69, 9.17) is 5.73 Å². The Morgan fingerprint density at radius 1 is 1.12 bits per heavy atom. The fourth-order valence-electron chi connectivity index (χ4n) is 4.65. The molecule has 0 bridgehead atoms. The van der Waals surface area contributed by atoms with E-state index >= 15 is 0 Å². The van der Waals surface area contributed by atoms with Crippen LogP contribution in [-0.4, -0.2) is 5.78 Å². The summed E-state index contributed by atoms with van der Waals surface area (Å²) in [5, 5.41) is 10.1. The monoisotopic (exact) mass is 437 g/mol. The number of carbonyl (C=O) groups excluding carboxylic acids is 1. The number of ketones is 1. The van der Waals surface area contributed by atoms with Gasteiger partial charge in [0.05, 0.1) is 28.8 Å². The Morgan fingerprint density at radius 2 is 1.84 bits per heavy atom. The first-order valence-corrected chi connectivity index (χ1v) is 10.3.